The van der Waals surface area contributed by atoms with Crippen LogP contribution in [0.4, 0.5) is 0 Å². The van der Waals surface area contributed by atoms with Gasteiger partial charge in [-0.25, -0.2) is 4.99 Å². The first kappa shape index (κ1) is 14.7. The molecule has 2 N–H and O–H groups in total. The number of halogens is 1. The van der Waals surface area contributed by atoms with Gasteiger partial charge in [0.15, 0.2) is 5.88 Å². The van der Waals surface area contributed by atoms with Crippen molar-refractivity contribution in [3.05, 3.63) is 75.8 Å². The average Bonchev–Trinajstić information content (AvgIpc) is 3.08. The molecule has 4 nitrogen and oxygen atoms in total. The van der Waals surface area contributed by atoms with Gasteiger partial charge in [0.2, 0.25) is 0 Å². The molecule has 4 rings (SSSR count). The molecule has 1 aromatic heterocycles. The topological polar surface area (TPSA) is 65.5 Å². The van der Waals surface area contributed by atoms with Crippen molar-refractivity contribution in [2.24, 2.45) is 4.99 Å². The molecule has 1 aliphatic rings. The fourth-order valence-corrected chi connectivity index (χ4v) is 3.02. The average molecular weight is 337 g/mol. The minimum Gasteiger partial charge on any atom is -0.494 e. The number of aryl methyl sites for hydroxylation is 1. The summed E-state index contributed by atoms with van der Waals surface area (Å²) in [5, 5.41) is 11.0. The second-order valence-electron chi connectivity index (χ2n) is 5.74. The molecular formula is C19H13ClN2O2. The highest BCUT2D eigenvalue weighted by Gasteiger charge is 2.33. The van der Waals surface area contributed by atoms with Gasteiger partial charge in [-0.2, -0.15) is 0 Å². The van der Waals surface area contributed by atoms with E-state index in [2.05, 4.69) is 9.98 Å². The van der Waals surface area contributed by atoms with Crippen LogP contribution in [0.15, 0.2) is 53.5 Å². The molecule has 2 heterocycles. The molecule has 0 saturated carbocycles. The second-order valence-corrected chi connectivity index (χ2v) is 6.17. The summed E-state index contributed by atoms with van der Waals surface area (Å²) < 4.78 is 0. The number of carbonyl (C=O) groups is 1. The van der Waals surface area contributed by atoms with Gasteiger partial charge in [0.1, 0.15) is 0 Å². The van der Waals surface area contributed by atoms with Gasteiger partial charge in [0.05, 0.1) is 22.5 Å². The predicted octanol–water partition coefficient (Wildman–Crippen LogP) is 4.34. The van der Waals surface area contributed by atoms with Crippen LogP contribution in [0.5, 0.6) is 5.88 Å². The first-order chi connectivity index (χ1) is 11.5. The predicted molar refractivity (Wildman–Crippen MR) is 94.1 cm³/mol. The van der Waals surface area contributed by atoms with Gasteiger partial charge in [-0.15, -0.1) is 0 Å². The Hall–Kier alpha value is -2.85. The van der Waals surface area contributed by atoms with E-state index >= 15 is 0 Å². The number of nitrogens with one attached hydrogen (secondary N) is 1. The maximum atomic E-state index is 12.4. The highest BCUT2D eigenvalue weighted by Crippen LogP contribution is 2.38. The van der Waals surface area contributed by atoms with Crippen LogP contribution in [0.1, 0.15) is 27.0 Å². The molecule has 0 fully saturated rings. The summed E-state index contributed by atoms with van der Waals surface area (Å²) in [5.74, 6) is -0.415. The summed E-state index contributed by atoms with van der Waals surface area (Å²) >= 11 is 5.92. The van der Waals surface area contributed by atoms with E-state index in [9.17, 15) is 9.90 Å². The number of hydrogen-bond donors (Lipinski definition) is 2. The van der Waals surface area contributed by atoms with Crippen molar-refractivity contribution in [1.82, 2.24) is 4.98 Å². The fourth-order valence-electron chi connectivity index (χ4n) is 2.90. The third kappa shape index (κ3) is 2.23. The van der Waals surface area contributed by atoms with Crippen molar-refractivity contribution < 1.29 is 9.90 Å². The molecule has 0 aliphatic carbocycles. The van der Waals surface area contributed by atoms with Crippen molar-refractivity contribution in [3.8, 4) is 17.1 Å². The molecule has 0 radical (unpaired) electrons. The van der Waals surface area contributed by atoms with E-state index in [1.807, 2.05) is 31.2 Å². The Labute approximate surface area is 143 Å². The minimum atomic E-state index is -0.359. The summed E-state index contributed by atoms with van der Waals surface area (Å²) in [7, 11) is 0. The van der Waals surface area contributed by atoms with Gasteiger partial charge in [-0.1, -0.05) is 53.6 Å². The Bertz CT molecular complexity index is 983. The largest absolute Gasteiger partial charge is 0.494 e. The van der Waals surface area contributed by atoms with Crippen molar-refractivity contribution >= 4 is 23.2 Å². The first-order valence-electron chi connectivity index (χ1n) is 7.46. The highest BCUT2D eigenvalue weighted by molar-refractivity contribution is 6.31. The number of aliphatic imine (C=N–C) groups is 1. The normalized spacial score (nSPS) is 13.1. The zero-order chi connectivity index (χ0) is 16.8. The number of aromatic hydroxyl groups is 1. The Balaban J connectivity index is 1.87. The summed E-state index contributed by atoms with van der Waals surface area (Å²) in [6, 6.07) is 14.8. The number of amides is 1. The maximum Gasteiger partial charge on any atom is 0.280 e. The van der Waals surface area contributed by atoms with Crippen LogP contribution in [0.2, 0.25) is 5.02 Å². The quantitative estimate of drug-likeness (QED) is 0.731. The molecular weight excluding hydrogens is 324 g/mol. The van der Waals surface area contributed by atoms with E-state index in [-0.39, 0.29) is 11.8 Å². The SMILES string of the molecule is Cc1ccc(C2=NC(=O)c3c(-c4ccc(Cl)cc4)[nH]c(O)c32)cc1. The number of nitrogens with zero attached hydrogens (tertiary/aromatic N) is 1. The van der Waals surface area contributed by atoms with E-state index in [0.29, 0.717) is 27.6 Å². The molecule has 0 unspecified atom stereocenters. The van der Waals surface area contributed by atoms with Crippen molar-refractivity contribution in [2.75, 3.05) is 0 Å². The zero-order valence-electron chi connectivity index (χ0n) is 12.8. The first-order valence-corrected chi connectivity index (χ1v) is 7.83. The summed E-state index contributed by atoms with van der Waals surface area (Å²) in [4.78, 5) is 19.5. The van der Waals surface area contributed by atoms with Crippen LogP contribution in [-0.2, 0) is 0 Å². The molecule has 2 aromatic carbocycles. The van der Waals surface area contributed by atoms with Crippen molar-refractivity contribution in [3.63, 3.8) is 0 Å². The van der Waals surface area contributed by atoms with Crippen LogP contribution >= 0.6 is 11.6 Å². The third-order valence-corrected chi connectivity index (χ3v) is 4.35. The van der Waals surface area contributed by atoms with Crippen LogP contribution in [0.25, 0.3) is 11.3 Å². The number of H-pyrrole nitrogens is 1. The smallest absolute Gasteiger partial charge is 0.280 e. The molecule has 0 spiro atoms. The minimum absolute atomic E-state index is 0.0554. The van der Waals surface area contributed by atoms with Gasteiger partial charge in [-0.05, 0) is 24.6 Å². The lowest BCUT2D eigenvalue weighted by atomic mass is 9.99. The Kier molecular flexibility index (Phi) is 3.28. The molecule has 24 heavy (non-hydrogen) atoms. The lowest BCUT2D eigenvalue weighted by molar-refractivity contribution is 0.101. The van der Waals surface area contributed by atoms with E-state index < -0.39 is 0 Å². The van der Waals surface area contributed by atoms with Gasteiger partial charge in [0.25, 0.3) is 5.91 Å². The Morgan fingerprint density at radius 2 is 1.58 bits per heavy atom. The number of rotatable bonds is 2. The van der Waals surface area contributed by atoms with Gasteiger partial charge >= 0.3 is 0 Å². The summed E-state index contributed by atoms with van der Waals surface area (Å²) in [5.41, 5.74) is 4.57. The van der Waals surface area contributed by atoms with Crippen molar-refractivity contribution in [1.29, 1.82) is 0 Å². The van der Waals surface area contributed by atoms with E-state index in [0.717, 1.165) is 16.7 Å². The van der Waals surface area contributed by atoms with Crippen molar-refractivity contribution in [2.45, 2.75) is 6.92 Å². The van der Waals surface area contributed by atoms with Crippen LogP contribution in [-0.4, -0.2) is 21.7 Å². The Morgan fingerprint density at radius 1 is 0.958 bits per heavy atom. The monoisotopic (exact) mass is 336 g/mol. The van der Waals surface area contributed by atoms with Gasteiger partial charge in [-0.3, -0.25) is 4.79 Å². The van der Waals surface area contributed by atoms with Crippen LogP contribution in [0, 0.1) is 6.92 Å². The molecule has 3 aromatic rings. The maximum absolute atomic E-state index is 12.4. The molecule has 5 heteroatoms. The van der Waals surface area contributed by atoms with Gasteiger partial charge < -0.3 is 10.1 Å². The second kappa shape index (κ2) is 5.35. The molecule has 0 bridgehead atoms. The van der Waals surface area contributed by atoms with E-state index in [1.165, 1.54) is 0 Å². The molecule has 1 aliphatic heterocycles. The van der Waals surface area contributed by atoms with Gasteiger partial charge in [0, 0.05) is 10.6 Å². The third-order valence-electron chi connectivity index (χ3n) is 4.10. The number of fused-ring (bicyclic) bond motifs is 1. The number of carbonyl (C=O) groups excluding carboxylic acids is 1. The standard InChI is InChI=1S/C19H13ClN2O2/c1-10-2-4-11(5-3-10)16-14-15(19(24)21-16)17(22-18(14)23)12-6-8-13(20)9-7-12/h2-9,22-23H,1H3. The highest BCUT2D eigenvalue weighted by atomic mass is 35.5. The molecule has 0 saturated heterocycles. The molecule has 0 atom stereocenters. The number of hydrogen-bond acceptors (Lipinski definition) is 2. The number of benzene rings is 2. The molecule has 1 amide bonds. The fraction of sp³-hybridized carbons (Fsp3) is 0.0526. The lowest BCUT2D eigenvalue weighted by Crippen LogP contribution is -1.99. The van der Waals surface area contributed by atoms with E-state index in [4.69, 9.17) is 11.6 Å². The summed E-state index contributed by atoms with van der Waals surface area (Å²) in [6.45, 7) is 1.99. The number of aromatic nitrogens is 1. The van der Waals surface area contributed by atoms with E-state index in [1.54, 1.807) is 24.3 Å². The lowest BCUT2D eigenvalue weighted by Gasteiger charge is -2.01. The zero-order valence-corrected chi connectivity index (χ0v) is 13.6. The van der Waals surface area contributed by atoms with Crippen LogP contribution < -0.4 is 0 Å². The Morgan fingerprint density at radius 3 is 2.25 bits per heavy atom. The van der Waals surface area contributed by atoms with Crippen LogP contribution in [0.3, 0.4) is 0 Å². The summed E-state index contributed by atoms with van der Waals surface area (Å²) in [6.07, 6.45) is 0. The molecule has 118 valence electrons. The number of aromatic amines is 1.